The van der Waals surface area contributed by atoms with Gasteiger partial charge in [0.15, 0.2) is 5.13 Å². The third-order valence-electron chi connectivity index (χ3n) is 7.87. The lowest BCUT2D eigenvalue weighted by atomic mass is 9.89. The third kappa shape index (κ3) is 5.81. The number of methoxy groups -OCH3 is 2. The van der Waals surface area contributed by atoms with E-state index < -0.39 is 25.1 Å². The van der Waals surface area contributed by atoms with Gasteiger partial charge < -0.3 is 19.7 Å². The van der Waals surface area contributed by atoms with Gasteiger partial charge >= 0.3 is 0 Å². The van der Waals surface area contributed by atoms with Crippen LogP contribution in [0.3, 0.4) is 0 Å². The van der Waals surface area contributed by atoms with Crippen LogP contribution in [0.25, 0.3) is 0 Å². The molecule has 3 aromatic rings. The molecule has 0 bridgehead atoms. The van der Waals surface area contributed by atoms with E-state index in [9.17, 15) is 8.42 Å². The zero-order chi connectivity index (χ0) is 29.7. The van der Waals surface area contributed by atoms with Gasteiger partial charge in [0.1, 0.15) is 26.5 Å². The molecule has 8 nitrogen and oxygen atoms in total. The number of hydrogen-bond acceptors (Lipinski definition) is 8. The van der Waals surface area contributed by atoms with E-state index in [4.69, 9.17) is 44.3 Å². The van der Waals surface area contributed by atoms with Crippen molar-refractivity contribution in [1.29, 1.82) is 0 Å². The lowest BCUT2D eigenvalue weighted by Gasteiger charge is -2.36. The molecule has 14 heteroatoms. The second-order valence-electron chi connectivity index (χ2n) is 10.4. The van der Waals surface area contributed by atoms with E-state index in [1.807, 2.05) is 14.1 Å². The SMILES string of the molecule is COc1ccc(CN(c2nccs2)S(=O)(=O)c2cc(Cl)c(NC3CC4[C@@H](C[C@@H]3N(C)C)C4(Cl)Cl)cc2F)c(OC)c1. The van der Waals surface area contributed by atoms with Gasteiger partial charge in [0, 0.05) is 35.3 Å². The van der Waals surface area contributed by atoms with E-state index in [1.165, 1.54) is 20.4 Å². The second kappa shape index (κ2) is 11.6. The molecule has 1 heterocycles. The van der Waals surface area contributed by atoms with Crippen molar-refractivity contribution in [2.75, 3.05) is 37.9 Å². The Hall–Kier alpha value is -2.02. The van der Waals surface area contributed by atoms with Crippen LogP contribution in [0.2, 0.25) is 5.02 Å². The topological polar surface area (TPSA) is 84.0 Å². The fourth-order valence-electron chi connectivity index (χ4n) is 5.57. The Labute approximate surface area is 258 Å². The summed E-state index contributed by atoms with van der Waals surface area (Å²) in [6, 6.07) is 7.27. The van der Waals surface area contributed by atoms with Gasteiger partial charge in [0.2, 0.25) is 0 Å². The van der Waals surface area contributed by atoms with Gasteiger partial charge in [-0.25, -0.2) is 22.1 Å². The van der Waals surface area contributed by atoms with Gasteiger partial charge in [-0.2, -0.15) is 0 Å². The maximum atomic E-state index is 15.7. The summed E-state index contributed by atoms with van der Waals surface area (Å²) >= 11 is 20.7. The van der Waals surface area contributed by atoms with Crippen molar-refractivity contribution >= 4 is 67.0 Å². The van der Waals surface area contributed by atoms with Crippen LogP contribution < -0.4 is 19.1 Å². The van der Waals surface area contributed by atoms with Crippen molar-refractivity contribution in [3.8, 4) is 11.5 Å². The van der Waals surface area contributed by atoms with Crippen LogP contribution in [-0.2, 0) is 16.6 Å². The van der Waals surface area contributed by atoms with Crippen molar-refractivity contribution in [1.82, 2.24) is 9.88 Å². The number of benzene rings is 2. The highest BCUT2D eigenvalue weighted by atomic mass is 35.5. The van der Waals surface area contributed by atoms with Crippen LogP contribution in [0.5, 0.6) is 11.5 Å². The Morgan fingerprint density at radius 2 is 1.88 bits per heavy atom. The largest absolute Gasteiger partial charge is 0.497 e. The third-order valence-corrected chi connectivity index (χ3v) is 12.0. The Morgan fingerprint density at radius 1 is 1.15 bits per heavy atom. The van der Waals surface area contributed by atoms with Crippen molar-refractivity contribution < 1.29 is 22.3 Å². The predicted molar refractivity (Wildman–Crippen MR) is 162 cm³/mol. The highest BCUT2D eigenvalue weighted by Crippen LogP contribution is 2.65. The summed E-state index contributed by atoms with van der Waals surface area (Å²) in [6.07, 6.45) is 2.95. The Balaban J connectivity index is 1.46. The average molecular weight is 664 g/mol. The number of anilines is 2. The molecule has 0 radical (unpaired) electrons. The first-order chi connectivity index (χ1) is 19.4. The number of aromatic nitrogens is 1. The van der Waals surface area contributed by atoms with E-state index in [0.29, 0.717) is 29.2 Å². The van der Waals surface area contributed by atoms with E-state index in [0.717, 1.165) is 34.2 Å². The molecule has 5 rings (SSSR count). The summed E-state index contributed by atoms with van der Waals surface area (Å²) in [5.41, 5.74) is 0.836. The Kier molecular flexibility index (Phi) is 8.59. The molecule has 2 unspecified atom stereocenters. The molecule has 2 fully saturated rings. The molecule has 0 saturated heterocycles. The minimum Gasteiger partial charge on any atom is -0.497 e. The van der Waals surface area contributed by atoms with E-state index in [1.54, 1.807) is 23.6 Å². The molecular formula is C27H30Cl3FN4O4S2. The average Bonchev–Trinajstić information content (AvgIpc) is 3.24. The van der Waals surface area contributed by atoms with Crippen LogP contribution in [0.4, 0.5) is 15.2 Å². The van der Waals surface area contributed by atoms with Crippen LogP contribution in [0, 0.1) is 17.7 Å². The molecule has 2 aliphatic carbocycles. The first-order valence-corrected chi connectivity index (χ1v) is 16.3. The van der Waals surface area contributed by atoms with E-state index in [2.05, 4.69) is 15.2 Å². The number of fused-ring (bicyclic) bond motifs is 1. The number of rotatable bonds is 10. The lowest BCUT2D eigenvalue weighted by Crippen LogP contribution is -2.46. The zero-order valence-electron chi connectivity index (χ0n) is 22.8. The van der Waals surface area contributed by atoms with Crippen molar-refractivity contribution in [3.05, 3.63) is 58.3 Å². The normalized spacial score (nSPS) is 23.1. The molecule has 1 N–H and O–H groups in total. The number of thiazole rings is 1. The lowest BCUT2D eigenvalue weighted by molar-refractivity contribution is 0.204. The van der Waals surface area contributed by atoms with Crippen molar-refractivity contribution in [3.63, 3.8) is 0 Å². The maximum absolute atomic E-state index is 15.7. The minimum absolute atomic E-state index is 0.0736. The number of nitrogens with one attached hydrogen (secondary N) is 1. The fourth-order valence-corrected chi connectivity index (χ4v) is 9.04. The number of ether oxygens (including phenoxy) is 2. The first kappa shape index (κ1) is 30.4. The minimum atomic E-state index is -4.44. The molecule has 2 aliphatic rings. The number of hydrogen-bond donors (Lipinski definition) is 1. The number of sulfonamides is 1. The Bertz CT molecular complexity index is 1520. The highest BCUT2D eigenvalue weighted by Gasteiger charge is 2.66. The Morgan fingerprint density at radius 3 is 2.51 bits per heavy atom. The summed E-state index contributed by atoms with van der Waals surface area (Å²) in [4.78, 5) is 5.71. The summed E-state index contributed by atoms with van der Waals surface area (Å²) < 4.78 is 54.6. The highest BCUT2D eigenvalue weighted by molar-refractivity contribution is 7.93. The monoisotopic (exact) mass is 662 g/mol. The fraction of sp³-hybridized carbons (Fsp3) is 0.444. The van der Waals surface area contributed by atoms with Crippen molar-refractivity contribution in [2.45, 2.75) is 40.7 Å². The number of likely N-dealkylation sites (N-methyl/N-ethyl adjacent to an activating group) is 1. The molecule has 0 amide bonds. The summed E-state index contributed by atoms with van der Waals surface area (Å²) in [7, 11) is 2.49. The van der Waals surface area contributed by atoms with Gasteiger partial charge in [0.25, 0.3) is 10.0 Å². The van der Waals surface area contributed by atoms with Gasteiger partial charge in [-0.15, -0.1) is 34.5 Å². The molecule has 0 spiro atoms. The molecule has 4 atom stereocenters. The van der Waals surface area contributed by atoms with Crippen molar-refractivity contribution in [2.24, 2.45) is 11.8 Å². The summed E-state index contributed by atoms with van der Waals surface area (Å²) in [5, 5.41) is 5.23. The molecule has 0 aliphatic heterocycles. The molecule has 41 heavy (non-hydrogen) atoms. The summed E-state index contributed by atoms with van der Waals surface area (Å²) in [5.74, 6) is 0.356. The van der Waals surface area contributed by atoms with Crippen LogP contribution in [-0.4, -0.2) is 63.0 Å². The van der Waals surface area contributed by atoms with Gasteiger partial charge in [-0.3, -0.25) is 0 Å². The summed E-state index contributed by atoms with van der Waals surface area (Å²) in [6.45, 7) is -0.159. The van der Waals surface area contributed by atoms with Gasteiger partial charge in [-0.1, -0.05) is 11.6 Å². The second-order valence-corrected chi connectivity index (χ2v) is 15.0. The number of halogens is 4. The quantitative estimate of drug-likeness (QED) is 0.256. The maximum Gasteiger partial charge on any atom is 0.269 e. The molecule has 2 saturated carbocycles. The molecule has 222 valence electrons. The number of nitrogens with zero attached hydrogens (tertiary/aromatic N) is 3. The van der Waals surface area contributed by atoms with E-state index >= 15 is 4.39 Å². The molecule has 2 aromatic carbocycles. The van der Waals surface area contributed by atoms with Crippen LogP contribution >= 0.6 is 46.1 Å². The zero-order valence-corrected chi connectivity index (χ0v) is 26.7. The molecule has 1 aromatic heterocycles. The van der Waals surface area contributed by atoms with Gasteiger partial charge in [-0.05, 0) is 63.0 Å². The first-order valence-electron chi connectivity index (χ1n) is 12.8. The number of alkyl halides is 2. The van der Waals surface area contributed by atoms with Crippen LogP contribution in [0.1, 0.15) is 18.4 Å². The van der Waals surface area contributed by atoms with Crippen LogP contribution in [0.15, 0.2) is 46.8 Å². The standard InChI is InChI=1S/C27H30Cl3FN4O4S2/c1-34(2)23-11-18-17(27(18,29)30)10-22(23)33-21-13-20(31)25(12-19(21)28)41(36,37)35(26-32-7-8-40-26)14-15-5-6-16(38-3)9-24(15)39-4/h5-9,12-13,17-18,22-23,33H,10-11,14H2,1-4H3/t17?,18-,22?,23+/m1/s1. The smallest absolute Gasteiger partial charge is 0.269 e. The predicted octanol–water partition coefficient (Wildman–Crippen LogP) is 6.27. The van der Waals surface area contributed by atoms with E-state index in [-0.39, 0.29) is 40.6 Å². The molecular weight excluding hydrogens is 634 g/mol. The van der Waals surface area contributed by atoms with Gasteiger partial charge in [0.05, 0.1) is 31.5 Å².